The molecular formula is C24H32O4S. The highest BCUT2D eigenvalue weighted by Crippen LogP contribution is 2.47. The largest absolute Gasteiger partial charge is 0.496 e. The standard InChI is InChI=1S/C24H32O4S/c1-17-10-13-19(14-11-17)29(25,26)28-23-15-12-18(24(2,3)4)16-21(23)20-8-6-7-9-22(20)27-5/h6-11,13-14,18,21,23H,12,15-16H2,1-5H3/t18-,21+,23+/m0/s1. The second kappa shape index (κ2) is 8.49. The van der Waals surface area contributed by atoms with Gasteiger partial charge in [-0.15, -0.1) is 0 Å². The molecule has 0 saturated heterocycles. The SMILES string of the molecule is COc1ccccc1[C@H]1C[C@@H](C(C)(C)C)CC[C@H]1OS(=O)(=O)c1ccc(C)cc1. The molecule has 3 atom stereocenters. The van der Waals surface area contributed by atoms with Crippen molar-refractivity contribution in [2.24, 2.45) is 11.3 Å². The first kappa shape index (κ1) is 21.8. The van der Waals surface area contributed by atoms with E-state index in [9.17, 15) is 8.42 Å². The topological polar surface area (TPSA) is 52.6 Å². The van der Waals surface area contributed by atoms with Crippen molar-refractivity contribution in [2.75, 3.05) is 7.11 Å². The number of methoxy groups -OCH3 is 1. The van der Waals surface area contributed by atoms with Crippen molar-refractivity contribution in [1.29, 1.82) is 0 Å². The number of hydrogen-bond acceptors (Lipinski definition) is 4. The van der Waals surface area contributed by atoms with Gasteiger partial charge in [0.2, 0.25) is 0 Å². The van der Waals surface area contributed by atoms with E-state index in [1.165, 1.54) is 0 Å². The van der Waals surface area contributed by atoms with Crippen LogP contribution < -0.4 is 4.74 Å². The van der Waals surface area contributed by atoms with Gasteiger partial charge in [0, 0.05) is 5.92 Å². The third kappa shape index (κ3) is 5.01. The monoisotopic (exact) mass is 416 g/mol. The molecular weight excluding hydrogens is 384 g/mol. The molecule has 158 valence electrons. The Bertz CT molecular complexity index is 926. The molecule has 1 aliphatic rings. The molecule has 29 heavy (non-hydrogen) atoms. The number of aryl methyl sites for hydroxylation is 1. The van der Waals surface area contributed by atoms with E-state index in [0.29, 0.717) is 12.3 Å². The summed E-state index contributed by atoms with van der Waals surface area (Å²) in [4.78, 5) is 0.208. The Morgan fingerprint density at radius 1 is 0.966 bits per heavy atom. The molecule has 0 spiro atoms. The number of ether oxygens (including phenoxy) is 1. The third-order valence-corrected chi connectivity index (χ3v) is 7.46. The highest BCUT2D eigenvalue weighted by Gasteiger charge is 2.40. The highest BCUT2D eigenvalue weighted by molar-refractivity contribution is 7.86. The minimum atomic E-state index is -3.83. The Kier molecular flexibility index (Phi) is 6.39. The van der Waals surface area contributed by atoms with Gasteiger partial charge >= 0.3 is 0 Å². The molecule has 5 heteroatoms. The maximum atomic E-state index is 13.0. The molecule has 1 fully saturated rings. The molecule has 0 unspecified atom stereocenters. The van der Waals surface area contributed by atoms with E-state index in [-0.39, 0.29) is 16.2 Å². The van der Waals surface area contributed by atoms with Crippen molar-refractivity contribution >= 4 is 10.1 Å². The van der Waals surface area contributed by atoms with Crippen LogP contribution in [-0.4, -0.2) is 21.6 Å². The van der Waals surface area contributed by atoms with E-state index in [1.807, 2.05) is 31.2 Å². The molecule has 0 N–H and O–H groups in total. The van der Waals surface area contributed by atoms with Crippen LogP contribution in [0.5, 0.6) is 5.75 Å². The Morgan fingerprint density at radius 2 is 1.62 bits per heavy atom. The van der Waals surface area contributed by atoms with E-state index >= 15 is 0 Å². The number of para-hydroxylation sites is 1. The average molecular weight is 417 g/mol. The number of benzene rings is 2. The van der Waals surface area contributed by atoms with Crippen molar-refractivity contribution in [3.8, 4) is 5.75 Å². The lowest BCUT2D eigenvalue weighted by atomic mass is 9.66. The molecule has 1 saturated carbocycles. The summed E-state index contributed by atoms with van der Waals surface area (Å²) in [6.07, 6.45) is 2.12. The van der Waals surface area contributed by atoms with Crippen LogP contribution in [0, 0.1) is 18.3 Å². The van der Waals surface area contributed by atoms with Crippen molar-refractivity contribution in [3.63, 3.8) is 0 Å². The molecule has 1 aliphatic carbocycles. The molecule has 4 nitrogen and oxygen atoms in total. The van der Waals surface area contributed by atoms with Gasteiger partial charge in [0.1, 0.15) is 5.75 Å². The van der Waals surface area contributed by atoms with Gasteiger partial charge < -0.3 is 4.74 Å². The zero-order valence-corrected chi connectivity index (χ0v) is 18.8. The molecule has 0 heterocycles. The van der Waals surface area contributed by atoms with Gasteiger partial charge in [-0.05, 0) is 61.3 Å². The van der Waals surface area contributed by atoms with Gasteiger partial charge in [0.05, 0.1) is 18.1 Å². The summed E-state index contributed by atoms with van der Waals surface area (Å²) in [5.74, 6) is 1.23. The van der Waals surface area contributed by atoms with Crippen molar-refractivity contribution in [3.05, 3.63) is 59.7 Å². The summed E-state index contributed by atoms with van der Waals surface area (Å²) >= 11 is 0. The molecule has 0 aromatic heterocycles. The maximum Gasteiger partial charge on any atom is 0.297 e. The molecule has 0 radical (unpaired) electrons. The summed E-state index contributed by atoms with van der Waals surface area (Å²) < 4.78 is 37.4. The quantitative estimate of drug-likeness (QED) is 0.586. The summed E-state index contributed by atoms with van der Waals surface area (Å²) in [5.41, 5.74) is 2.19. The molecule has 2 aromatic rings. The van der Waals surface area contributed by atoms with Crippen LogP contribution in [0.3, 0.4) is 0 Å². The summed E-state index contributed by atoms with van der Waals surface area (Å²) in [6.45, 7) is 8.69. The minimum Gasteiger partial charge on any atom is -0.496 e. The highest BCUT2D eigenvalue weighted by atomic mass is 32.2. The number of rotatable bonds is 5. The number of hydrogen-bond donors (Lipinski definition) is 0. The van der Waals surface area contributed by atoms with E-state index in [1.54, 1.807) is 31.4 Å². The molecule has 0 bridgehead atoms. The zero-order chi connectivity index (χ0) is 21.2. The van der Waals surface area contributed by atoms with Crippen LogP contribution >= 0.6 is 0 Å². The van der Waals surface area contributed by atoms with E-state index in [4.69, 9.17) is 8.92 Å². The third-order valence-electron chi connectivity index (χ3n) is 6.11. The first-order chi connectivity index (χ1) is 13.6. The van der Waals surface area contributed by atoms with Crippen molar-refractivity contribution < 1.29 is 17.3 Å². The van der Waals surface area contributed by atoms with Gasteiger partial charge in [-0.1, -0.05) is 56.7 Å². The van der Waals surface area contributed by atoms with Crippen molar-refractivity contribution in [1.82, 2.24) is 0 Å². The smallest absolute Gasteiger partial charge is 0.297 e. The first-order valence-electron chi connectivity index (χ1n) is 10.2. The molecule has 2 aromatic carbocycles. The van der Waals surface area contributed by atoms with Crippen molar-refractivity contribution in [2.45, 2.75) is 63.9 Å². The lowest BCUT2D eigenvalue weighted by Crippen LogP contribution is -2.36. The van der Waals surface area contributed by atoms with Crippen LogP contribution in [0.15, 0.2) is 53.4 Å². The molecule has 0 amide bonds. The predicted molar refractivity (Wildman–Crippen MR) is 116 cm³/mol. The second-order valence-electron chi connectivity index (χ2n) is 9.13. The fraction of sp³-hybridized carbons (Fsp3) is 0.500. The summed E-state index contributed by atoms with van der Waals surface area (Å²) in [5, 5.41) is 0. The molecule has 0 aliphatic heterocycles. The normalized spacial score (nSPS) is 23.0. The summed E-state index contributed by atoms with van der Waals surface area (Å²) in [6, 6.07) is 14.7. The van der Waals surface area contributed by atoms with E-state index in [2.05, 4.69) is 20.8 Å². The Hall–Kier alpha value is -1.85. The zero-order valence-electron chi connectivity index (χ0n) is 18.0. The lowest BCUT2D eigenvalue weighted by molar-refractivity contribution is 0.0704. The van der Waals surface area contributed by atoms with Gasteiger partial charge in [-0.3, -0.25) is 4.18 Å². The Balaban J connectivity index is 1.94. The van der Waals surface area contributed by atoms with Crippen LogP contribution in [0.1, 0.15) is 57.1 Å². The van der Waals surface area contributed by atoms with Gasteiger partial charge in [0.25, 0.3) is 10.1 Å². The van der Waals surface area contributed by atoms with Crippen LogP contribution in [-0.2, 0) is 14.3 Å². The fourth-order valence-corrected chi connectivity index (χ4v) is 5.40. The van der Waals surface area contributed by atoms with E-state index in [0.717, 1.165) is 29.7 Å². The average Bonchev–Trinajstić information content (AvgIpc) is 2.67. The van der Waals surface area contributed by atoms with Gasteiger partial charge in [-0.2, -0.15) is 8.42 Å². The van der Waals surface area contributed by atoms with Crippen LogP contribution in [0.4, 0.5) is 0 Å². The first-order valence-corrected chi connectivity index (χ1v) is 11.7. The van der Waals surface area contributed by atoms with E-state index < -0.39 is 16.2 Å². The Labute approximate surface area is 175 Å². The lowest BCUT2D eigenvalue weighted by Gasteiger charge is -2.41. The van der Waals surface area contributed by atoms with Crippen LogP contribution in [0.2, 0.25) is 0 Å². The summed E-state index contributed by atoms with van der Waals surface area (Å²) in [7, 11) is -2.18. The fourth-order valence-electron chi connectivity index (χ4n) is 4.27. The van der Waals surface area contributed by atoms with Crippen LogP contribution in [0.25, 0.3) is 0 Å². The Morgan fingerprint density at radius 3 is 2.24 bits per heavy atom. The maximum absolute atomic E-state index is 13.0. The predicted octanol–water partition coefficient (Wildman–Crippen LogP) is 5.71. The second-order valence-corrected chi connectivity index (χ2v) is 10.7. The van der Waals surface area contributed by atoms with Gasteiger partial charge in [0.15, 0.2) is 0 Å². The molecule has 3 rings (SSSR count). The minimum absolute atomic E-state index is 0.0376. The van der Waals surface area contributed by atoms with Gasteiger partial charge in [-0.25, -0.2) is 0 Å².